The lowest BCUT2D eigenvalue weighted by Gasteiger charge is -2.33. The summed E-state index contributed by atoms with van der Waals surface area (Å²) in [5.41, 5.74) is 1.00. The highest BCUT2D eigenvalue weighted by atomic mass is 32.2. The molecule has 1 aromatic carbocycles. The van der Waals surface area contributed by atoms with Gasteiger partial charge in [-0.1, -0.05) is 12.1 Å². The smallest absolute Gasteiger partial charge is 0.243 e. The average Bonchev–Trinajstić information content (AvgIpc) is 2.63. The Bertz CT molecular complexity index is 773. The normalized spacial score (nSPS) is 16.9. The lowest BCUT2D eigenvalue weighted by molar-refractivity contribution is 0.180. The Kier molecular flexibility index (Phi) is 5.13. The third-order valence-electron chi connectivity index (χ3n) is 4.12. The quantitative estimate of drug-likeness (QED) is 0.822. The van der Waals surface area contributed by atoms with Gasteiger partial charge in [0.15, 0.2) is 0 Å². The van der Waals surface area contributed by atoms with Crippen molar-refractivity contribution in [2.45, 2.75) is 11.4 Å². The number of benzene rings is 1. The Morgan fingerprint density at radius 2 is 1.88 bits per heavy atom. The number of rotatable bonds is 5. The summed E-state index contributed by atoms with van der Waals surface area (Å²) in [5, 5.41) is 0. The predicted octanol–water partition coefficient (Wildman–Crippen LogP) is 1.60. The monoisotopic (exact) mass is 347 g/mol. The summed E-state index contributed by atoms with van der Waals surface area (Å²) >= 11 is 0. The van der Waals surface area contributed by atoms with Crippen LogP contribution in [0.2, 0.25) is 0 Å². The predicted molar refractivity (Wildman–Crippen MR) is 91.3 cm³/mol. The fourth-order valence-electron chi connectivity index (χ4n) is 2.76. The fourth-order valence-corrected chi connectivity index (χ4v) is 4.22. The first-order chi connectivity index (χ1) is 11.6. The Morgan fingerprint density at radius 1 is 1.08 bits per heavy atom. The van der Waals surface area contributed by atoms with E-state index in [1.165, 1.54) is 11.4 Å². The minimum Gasteiger partial charge on any atom is -0.497 e. The summed E-state index contributed by atoms with van der Waals surface area (Å²) in [6, 6.07) is 12.5. The number of nitrogens with zero attached hydrogens (tertiary/aromatic N) is 3. The zero-order chi connectivity index (χ0) is 17.0. The largest absolute Gasteiger partial charge is 0.497 e. The van der Waals surface area contributed by atoms with Crippen LogP contribution in [0, 0.1) is 0 Å². The van der Waals surface area contributed by atoms with Gasteiger partial charge < -0.3 is 4.74 Å². The molecule has 2 aromatic rings. The molecule has 0 radical (unpaired) electrons. The Balaban J connectivity index is 1.65. The molecule has 6 nitrogen and oxygen atoms in total. The molecule has 7 heteroatoms. The van der Waals surface area contributed by atoms with E-state index in [9.17, 15) is 8.42 Å². The van der Waals surface area contributed by atoms with E-state index in [0.29, 0.717) is 31.9 Å². The van der Waals surface area contributed by atoms with Gasteiger partial charge in [0.2, 0.25) is 10.0 Å². The molecule has 24 heavy (non-hydrogen) atoms. The third kappa shape index (κ3) is 3.75. The van der Waals surface area contributed by atoms with Crippen LogP contribution >= 0.6 is 0 Å². The Hall–Kier alpha value is -1.96. The molecule has 3 rings (SSSR count). The molecule has 1 aliphatic rings. The van der Waals surface area contributed by atoms with Crippen LogP contribution in [0.25, 0.3) is 0 Å². The fraction of sp³-hybridized carbons (Fsp3) is 0.353. The second-order valence-electron chi connectivity index (χ2n) is 5.68. The molecule has 0 aliphatic carbocycles. The van der Waals surface area contributed by atoms with Crippen molar-refractivity contribution in [3.05, 3.63) is 54.4 Å². The molecule has 0 unspecified atom stereocenters. The number of sulfonamides is 1. The lowest BCUT2D eigenvalue weighted by Crippen LogP contribution is -2.48. The van der Waals surface area contributed by atoms with Gasteiger partial charge in [0.1, 0.15) is 5.75 Å². The number of methoxy groups -OCH3 is 1. The molecular formula is C17H21N3O3S. The highest BCUT2D eigenvalue weighted by Crippen LogP contribution is 2.22. The summed E-state index contributed by atoms with van der Waals surface area (Å²) in [6.07, 6.45) is 1.78. The van der Waals surface area contributed by atoms with Crippen molar-refractivity contribution in [1.82, 2.24) is 14.2 Å². The highest BCUT2D eigenvalue weighted by Gasteiger charge is 2.28. The zero-order valence-corrected chi connectivity index (χ0v) is 14.4. The molecule has 2 heterocycles. The molecule has 1 aliphatic heterocycles. The van der Waals surface area contributed by atoms with Gasteiger partial charge in [0.25, 0.3) is 0 Å². The second-order valence-corrected chi connectivity index (χ2v) is 7.62. The number of hydrogen-bond acceptors (Lipinski definition) is 5. The van der Waals surface area contributed by atoms with E-state index in [1.807, 2.05) is 18.2 Å². The van der Waals surface area contributed by atoms with Crippen LogP contribution in [0.1, 0.15) is 5.69 Å². The second kappa shape index (κ2) is 7.29. The molecule has 0 spiro atoms. The van der Waals surface area contributed by atoms with Crippen LogP contribution in [0.5, 0.6) is 5.75 Å². The average molecular weight is 347 g/mol. The molecule has 1 saturated heterocycles. The maximum atomic E-state index is 12.8. The molecule has 1 fully saturated rings. The first-order valence-electron chi connectivity index (χ1n) is 7.86. The van der Waals surface area contributed by atoms with E-state index in [-0.39, 0.29) is 4.90 Å². The molecule has 128 valence electrons. The van der Waals surface area contributed by atoms with E-state index in [0.717, 1.165) is 12.2 Å². The molecule has 0 amide bonds. The van der Waals surface area contributed by atoms with Gasteiger partial charge in [-0.2, -0.15) is 4.31 Å². The van der Waals surface area contributed by atoms with Gasteiger partial charge in [-0.15, -0.1) is 0 Å². The SMILES string of the molecule is COc1cccc(S(=O)(=O)N2CCN(Cc3ccccn3)CC2)c1. The lowest BCUT2D eigenvalue weighted by atomic mass is 10.3. The van der Waals surface area contributed by atoms with Crippen LogP contribution in [0.4, 0.5) is 0 Å². The first kappa shape index (κ1) is 16.9. The Morgan fingerprint density at radius 3 is 2.54 bits per heavy atom. The van der Waals surface area contributed by atoms with E-state index >= 15 is 0 Å². The van der Waals surface area contributed by atoms with E-state index < -0.39 is 10.0 Å². The molecule has 0 N–H and O–H groups in total. The van der Waals surface area contributed by atoms with Gasteiger partial charge in [0, 0.05) is 45.0 Å². The first-order valence-corrected chi connectivity index (χ1v) is 9.30. The Labute approximate surface area is 142 Å². The minimum absolute atomic E-state index is 0.278. The number of ether oxygens (including phenoxy) is 1. The molecule has 0 bridgehead atoms. The van der Waals surface area contributed by atoms with Gasteiger partial charge in [-0.3, -0.25) is 9.88 Å². The minimum atomic E-state index is -3.48. The summed E-state index contributed by atoms with van der Waals surface area (Å²) in [5.74, 6) is 0.546. The summed E-state index contributed by atoms with van der Waals surface area (Å²) < 4.78 is 32.2. The van der Waals surface area contributed by atoms with Gasteiger partial charge >= 0.3 is 0 Å². The van der Waals surface area contributed by atoms with Crippen LogP contribution in [-0.4, -0.2) is 55.9 Å². The number of hydrogen-bond donors (Lipinski definition) is 0. The molecular weight excluding hydrogens is 326 g/mol. The van der Waals surface area contributed by atoms with Crippen molar-refractivity contribution in [2.24, 2.45) is 0 Å². The van der Waals surface area contributed by atoms with Gasteiger partial charge in [-0.25, -0.2) is 8.42 Å². The summed E-state index contributed by atoms with van der Waals surface area (Å²) in [7, 11) is -1.95. The van der Waals surface area contributed by atoms with E-state index in [2.05, 4.69) is 9.88 Å². The third-order valence-corrected chi connectivity index (χ3v) is 6.02. The number of aromatic nitrogens is 1. The van der Waals surface area contributed by atoms with E-state index in [4.69, 9.17) is 4.74 Å². The summed E-state index contributed by atoms with van der Waals surface area (Å²) in [6.45, 7) is 3.09. The summed E-state index contributed by atoms with van der Waals surface area (Å²) in [4.78, 5) is 6.82. The number of pyridine rings is 1. The van der Waals surface area contributed by atoms with Crippen molar-refractivity contribution in [3.8, 4) is 5.75 Å². The van der Waals surface area contributed by atoms with Crippen LogP contribution in [-0.2, 0) is 16.6 Å². The molecule has 0 saturated carbocycles. The standard InChI is InChI=1S/C17H21N3O3S/c1-23-16-6-4-7-17(13-16)24(21,22)20-11-9-19(10-12-20)14-15-5-2-3-8-18-15/h2-8,13H,9-12,14H2,1H3. The molecule has 0 atom stereocenters. The highest BCUT2D eigenvalue weighted by molar-refractivity contribution is 7.89. The van der Waals surface area contributed by atoms with E-state index in [1.54, 1.807) is 30.5 Å². The van der Waals surface area contributed by atoms with Gasteiger partial charge in [-0.05, 0) is 24.3 Å². The van der Waals surface area contributed by atoms with Crippen molar-refractivity contribution >= 4 is 10.0 Å². The van der Waals surface area contributed by atoms with Crippen molar-refractivity contribution < 1.29 is 13.2 Å². The van der Waals surface area contributed by atoms with Crippen molar-refractivity contribution in [2.75, 3.05) is 33.3 Å². The number of piperazine rings is 1. The van der Waals surface area contributed by atoms with Gasteiger partial charge in [0.05, 0.1) is 17.7 Å². The molecule has 1 aromatic heterocycles. The van der Waals surface area contributed by atoms with Crippen LogP contribution in [0.15, 0.2) is 53.6 Å². The van der Waals surface area contributed by atoms with Crippen molar-refractivity contribution in [1.29, 1.82) is 0 Å². The topological polar surface area (TPSA) is 62.7 Å². The zero-order valence-electron chi connectivity index (χ0n) is 13.6. The maximum Gasteiger partial charge on any atom is 0.243 e. The maximum absolute atomic E-state index is 12.8. The van der Waals surface area contributed by atoms with Crippen LogP contribution < -0.4 is 4.74 Å². The van der Waals surface area contributed by atoms with Crippen molar-refractivity contribution in [3.63, 3.8) is 0 Å². The van der Waals surface area contributed by atoms with Crippen LogP contribution in [0.3, 0.4) is 0 Å².